The first kappa shape index (κ1) is 7.66. The van der Waals surface area contributed by atoms with Crippen molar-refractivity contribution < 1.29 is 0 Å². The molecule has 1 rings (SSSR count). The summed E-state index contributed by atoms with van der Waals surface area (Å²) in [6.45, 7) is 1.95. The molecule has 0 aromatic heterocycles. The van der Waals surface area contributed by atoms with Crippen molar-refractivity contribution in [2.75, 3.05) is 11.5 Å². The molecule has 1 aromatic rings. The minimum Gasteiger partial charge on any atom is -0.399 e. The Labute approximate surface area is 66.5 Å². The van der Waals surface area contributed by atoms with E-state index >= 15 is 0 Å². The summed E-state index contributed by atoms with van der Waals surface area (Å²) in [6, 6.07) is 5.51. The number of anilines is 2. The minimum absolute atomic E-state index is 0.704. The van der Waals surface area contributed by atoms with Crippen molar-refractivity contribution in [2.45, 2.75) is 6.92 Å². The fourth-order valence-electron chi connectivity index (χ4n) is 0.925. The zero-order valence-electron chi connectivity index (χ0n) is 6.54. The van der Waals surface area contributed by atoms with Gasteiger partial charge in [0.2, 0.25) is 0 Å². The number of hydrogen-bond acceptors (Lipinski definition) is 2. The van der Waals surface area contributed by atoms with Crippen LogP contribution >= 0.6 is 0 Å². The zero-order valence-corrected chi connectivity index (χ0v) is 6.54. The summed E-state index contributed by atoms with van der Waals surface area (Å²) in [5, 5.41) is 0. The molecule has 0 bridgehead atoms. The normalized spacial score (nSPS) is 10.6. The van der Waals surface area contributed by atoms with E-state index in [1.165, 1.54) is 0 Å². The van der Waals surface area contributed by atoms with Crippen molar-refractivity contribution in [1.29, 1.82) is 0 Å². The molecule has 0 saturated heterocycles. The van der Waals surface area contributed by atoms with Gasteiger partial charge in [0.15, 0.2) is 0 Å². The van der Waals surface area contributed by atoms with Crippen LogP contribution in [0.1, 0.15) is 12.5 Å². The van der Waals surface area contributed by atoms with E-state index in [-0.39, 0.29) is 0 Å². The SMILES string of the molecule is C/C=C\c1ccc(N)cc1N. The molecule has 0 amide bonds. The topological polar surface area (TPSA) is 52.0 Å². The Kier molecular flexibility index (Phi) is 2.16. The van der Waals surface area contributed by atoms with E-state index in [0.717, 1.165) is 11.3 Å². The Morgan fingerprint density at radius 3 is 2.55 bits per heavy atom. The van der Waals surface area contributed by atoms with Crippen molar-refractivity contribution in [2.24, 2.45) is 0 Å². The lowest BCUT2D eigenvalue weighted by molar-refractivity contribution is 1.62. The number of allylic oxidation sites excluding steroid dienone is 1. The fourth-order valence-corrected chi connectivity index (χ4v) is 0.925. The van der Waals surface area contributed by atoms with Crippen LogP contribution in [-0.4, -0.2) is 0 Å². The molecule has 0 unspecified atom stereocenters. The third kappa shape index (κ3) is 1.74. The molecule has 1 aromatic carbocycles. The third-order valence-electron chi connectivity index (χ3n) is 1.46. The maximum atomic E-state index is 5.68. The van der Waals surface area contributed by atoms with Crippen molar-refractivity contribution in [3.63, 3.8) is 0 Å². The van der Waals surface area contributed by atoms with Gasteiger partial charge in [-0.05, 0) is 24.6 Å². The van der Waals surface area contributed by atoms with E-state index < -0.39 is 0 Å². The molecule has 0 heterocycles. The van der Waals surface area contributed by atoms with Crippen LogP contribution < -0.4 is 11.5 Å². The lowest BCUT2D eigenvalue weighted by Crippen LogP contribution is -1.92. The molecular formula is C9H12N2. The average molecular weight is 148 g/mol. The Bertz CT molecular complexity index is 277. The van der Waals surface area contributed by atoms with Gasteiger partial charge in [0, 0.05) is 11.4 Å². The van der Waals surface area contributed by atoms with Gasteiger partial charge in [0.25, 0.3) is 0 Å². The van der Waals surface area contributed by atoms with E-state index in [9.17, 15) is 0 Å². The monoisotopic (exact) mass is 148 g/mol. The lowest BCUT2D eigenvalue weighted by atomic mass is 10.1. The Balaban J connectivity index is 3.09. The fraction of sp³-hybridized carbons (Fsp3) is 0.111. The van der Waals surface area contributed by atoms with E-state index in [1.54, 1.807) is 6.07 Å². The van der Waals surface area contributed by atoms with Gasteiger partial charge < -0.3 is 11.5 Å². The van der Waals surface area contributed by atoms with Gasteiger partial charge >= 0.3 is 0 Å². The second-order valence-electron chi connectivity index (χ2n) is 2.39. The van der Waals surface area contributed by atoms with Crippen LogP contribution in [0, 0.1) is 0 Å². The molecule has 0 saturated carbocycles. The summed E-state index contributed by atoms with van der Waals surface area (Å²) in [5.41, 5.74) is 13.6. The smallest absolute Gasteiger partial charge is 0.0408 e. The number of benzene rings is 1. The summed E-state index contributed by atoms with van der Waals surface area (Å²) < 4.78 is 0. The number of rotatable bonds is 1. The molecule has 0 aliphatic heterocycles. The predicted molar refractivity (Wildman–Crippen MR) is 50.0 cm³/mol. The van der Waals surface area contributed by atoms with Gasteiger partial charge in [-0.3, -0.25) is 0 Å². The zero-order chi connectivity index (χ0) is 8.27. The average Bonchev–Trinajstić information content (AvgIpc) is 1.95. The standard InChI is InChI=1S/C9H12N2/c1-2-3-7-4-5-8(10)6-9(7)11/h2-6H,10-11H2,1H3/b3-2-. The van der Waals surface area contributed by atoms with Gasteiger partial charge in [0.1, 0.15) is 0 Å². The second kappa shape index (κ2) is 3.10. The molecule has 2 nitrogen and oxygen atoms in total. The van der Waals surface area contributed by atoms with Crippen molar-refractivity contribution in [3.8, 4) is 0 Å². The minimum atomic E-state index is 0.704. The van der Waals surface area contributed by atoms with Gasteiger partial charge in [-0.15, -0.1) is 0 Å². The maximum absolute atomic E-state index is 5.68. The first-order valence-electron chi connectivity index (χ1n) is 3.51. The van der Waals surface area contributed by atoms with Crippen LogP contribution in [0.5, 0.6) is 0 Å². The molecular weight excluding hydrogens is 136 g/mol. The Hall–Kier alpha value is -1.44. The number of nitrogens with two attached hydrogens (primary N) is 2. The maximum Gasteiger partial charge on any atom is 0.0408 e. The van der Waals surface area contributed by atoms with Crippen molar-refractivity contribution >= 4 is 17.5 Å². The van der Waals surface area contributed by atoms with Crippen molar-refractivity contribution in [1.82, 2.24) is 0 Å². The number of nitrogen functional groups attached to an aromatic ring is 2. The van der Waals surface area contributed by atoms with Crippen LogP contribution in [0.2, 0.25) is 0 Å². The van der Waals surface area contributed by atoms with E-state index in [1.807, 2.05) is 31.2 Å². The van der Waals surface area contributed by atoms with Gasteiger partial charge in [-0.25, -0.2) is 0 Å². The highest BCUT2D eigenvalue weighted by molar-refractivity contribution is 5.68. The quantitative estimate of drug-likeness (QED) is 0.597. The summed E-state index contributed by atoms with van der Waals surface area (Å²) in [6.07, 6.45) is 3.90. The molecule has 0 fully saturated rings. The molecule has 0 radical (unpaired) electrons. The molecule has 0 spiro atoms. The summed E-state index contributed by atoms with van der Waals surface area (Å²) in [4.78, 5) is 0. The summed E-state index contributed by atoms with van der Waals surface area (Å²) in [5.74, 6) is 0. The van der Waals surface area contributed by atoms with Crippen molar-refractivity contribution in [3.05, 3.63) is 29.8 Å². The first-order chi connectivity index (χ1) is 5.24. The van der Waals surface area contributed by atoms with Crippen LogP contribution in [0.3, 0.4) is 0 Å². The third-order valence-corrected chi connectivity index (χ3v) is 1.46. The van der Waals surface area contributed by atoms with Crippen LogP contribution in [-0.2, 0) is 0 Å². The Morgan fingerprint density at radius 2 is 2.00 bits per heavy atom. The molecule has 0 atom stereocenters. The van der Waals surface area contributed by atoms with Crippen LogP contribution in [0.15, 0.2) is 24.3 Å². The predicted octanol–water partition coefficient (Wildman–Crippen LogP) is 1.88. The molecule has 0 aliphatic carbocycles. The highest BCUT2D eigenvalue weighted by Gasteiger charge is 1.93. The van der Waals surface area contributed by atoms with E-state index in [2.05, 4.69) is 0 Å². The molecule has 2 heteroatoms. The van der Waals surface area contributed by atoms with E-state index in [4.69, 9.17) is 11.5 Å². The van der Waals surface area contributed by atoms with Gasteiger partial charge in [-0.1, -0.05) is 18.2 Å². The Morgan fingerprint density at radius 1 is 1.27 bits per heavy atom. The highest BCUT2D eigenvalue weighted by Crippen LogP contribution is 2.16. The largest absolute Gasteiger partial charge is 0.399 e. The number of hydrogen-bond donors (Lipinski definition) is 2. The summed E-state index contributed by atoms with van der Waals surface area (Å²) in [7, 11) is 0. The van der Waals surface area contributed by atoms with Crippen LogP contribution in [0.4, 0.5) is 11.4 Å². The molecule has 11 heavy (non-hydrogen) atoms. The first-order valence-corrected chi connectivity index (χ1v) is 3.51. The molecule has 0 aliphatic rings. The summed E-state index contributed by atoms with van der Waals surface area (Å²) >= 11 is 0. The van der Waals surface area contributed by atoms with Crippen LogP contribution in [0.25, 0.3) is 6.08 Å². The van der Waals surface area contributed by atoms with Gasteiger partial charge in [0.05, 0.1) is 0 Å². The molecule has 58 valence electrons. The second-order valence-corrected chi connectivity index (χ2v) is 2.39. The molecule has 4 N–H and O–H groups in total. The highest BCUT2D eigenvalue weighted by atomic mass is 14.6. The van der Waals surface area contributed by atoms with E-state index in [0.29, 0.717) is 5.69 Å². The lowest BCUT2D eigenvalue weighted by Gasteiger charge is -2.00. The van der Waals surface area contributed by atoms with Gasteiger partial charge in [-0.2, -0.15) is 0 Å².